The number of phenols is 3. The number of nitrogens with one attached hydrogen (secondary N) is 1. The zero-order valence-corrected chi connectivity index (χ0v) is 36.8. The molecule has 2 aromatic rings. The Morgan fingerprint density at radius 1 is 0.967 bits per heavy atom. The predicted octanol–water partition coefficient (Wildman–Crippen LogP) is 5.12. The molecule has 16 heteroatoms. The van der Waals surface area contributed by atoms with Crippen LogP contribution in [0.4, 0.5) is 5.69 Å². The number of carbonyl (C=O) groups is 3. The number of fused-ring (bicyclic) bond motifs is 14. The maximum Gasteiger partial charge on any atom is 0.312 e. The standard InChI is InChI=1S/C45H62N4O12/c1-11-16-48-17-19-49(20-18-48)46-22-30-35-40(55)33-32(39(30)54)34-42(28(7)38(33)53)61-45(9,43(34)56)59-21-15-31(58-10)25(4)41(60-29(8)50)27(6)37(52)26(5)36(51)23(2)13-12-14-24(3)44(57)47-35/h12-15,21-23,25-27,31,36-37,41,51-55H,11,16-20H2,1-10H3,(H,47,57)/b13-12+,21-15+,24-14+,46-22-. The number of hydrogen-bond donors (Lipinski definition) is 6. The summed E-state index contributed by atoms with van der Waals surface area (Å²) in [6.07, 6.45) is 5.91. The molecule has 1 amide bonds. The van der Waals surface area contributed by atoms with E-state index in [0.29, 0.717) is 13.1 Å². The Bertz CT molecular complexity index is 2110. The number of benzene rings is 2. The van der Waals surface area contributed by atoms with E-state index in [2.05, 4.69) is 22.2 Å². The van der Waals surface area contributed by atoms with Crippen molar-refractivity contribution in [3.8, 4) is 23.0 Å². The van der Waals surface area contributed by atoms with Gasteiger partial charge in [-0.3, -0.25) is 24.3 Å². The van der Waals surface area contributed by atoms with Crippen molar-refractivity contribution in [2.45, 2.75) is 98.9 Å². The van der Waals surface area contributed by atoms with Crippen LogP contribution in [0.1, 0.15) is 83.3 Å². The summed E-state index contributed by atoms with van der Waals surface area (Å²) in [6.45, 7) is 18.3. The monoisotopic (exact) mass is 850 g/mol. The molecule has 0 spiro atoms. The average Bonchev–Trinajstić information content (AvgIpc) is 3.49. The van der Waals surface area contributed by atoms with Crippen molar-refractivity contribution in [3.05, 3.63) is 52.8 Å². The number of phenolic OH excluding ortho intramolecular Hbond substituents is 3. The van der Waals surface area contributed by atoms with Gasteiger partial charge < -0.3 is 49.8 Å². The Morgan fingerprint density at radius 3 is 2.26 bits per heavy atom. The molecule has 16 nitrogen and oxygen atoms in total. The fraction of sp³-hybridized carbons (Fsp3) is 0.556. The average molecular weight is 851 g/mol. The van der Waals surface area contributed by atoms with Gasteiger partial charge in [-0.2, -0.15) is 5.10 Å². The number of ketones is 1. The SMILES string of the molecule is CCCN1CCN(/N=C\c2c3c(O)c4c(O)c(C)c5c(c4c2O)C(=O)C(C)(O/C=C/C(OC)C(C)C(OC(C)=O)C(C)C(O)C(C)C(O)C(C)/C=C/C=C(\C)C(=O)N3)O5)CC1. The van der Waals surface area contributed by atoms with E-state index in [-0.39, 0.29) is 44.5 Å². The number of piperazine rings is 1. The van der Waals surface area contributed by atoms with E-state index in [0.717, 1.165) is 26.1 Å². The summed E-state index contributed by atoms with van der Waals surface area (Å²) in [7, 11) is 1.44. The number of hydrazone groups is 1. The Morgan fingerprint density at radius 2 is 1.64 bits per heavy atom. The van der Waals surface area contributed by atoms with Crippen molar-refractivity contribution in [2.24, 2.45) is 28.8 Å². The zero-order valence-electron chi connectivity index (χ0n) is 36.8. The van der Waals surface area contributed by atoms with Crippen molar-refractivity contribution in [1.29, 1.82) is 0 Å². The molecular formula is C45H62N4O12. The Kier molecular flexibility index (Phi) is 14.8. The molecule has 0 radical (unpaired) electrons. The molecule has 0 aromatic heterocycles. The van der Waals surface area contributed by atoms with Crippen molar-refractivity contribution in [3.63, 3.8) is 0 Å². The maximum absolute atomic E-state index is 14.5. The number of esters is 1. The number of anilines is 1. The predicted molar refractivity (Wildman–Crippen MR) is 230 cm³/mol. The number of aliphatic hydroxyl groups is 2. The highest BCUT2D eigenvalue weighted by Crippen LogP contribution is 2.55. The molecule has 4 aliphatic rings. The van der Waals surface area contributed by atoms with Gasteiger partial charge in [-0.15, -0.1) is 0 Å². The van der Waals surface area contributed by atoms with Crippen LogP contribution in [-0.2, 0) is 23.8 Å². The number of amides is 1. The summed E-state index contributed by atoms with van der Waals surface area (Å²) in [5.41, 5.74) is -0.330. The molecule has 1 saturated heterocycles. The molecule has 61 heavy (non-hydrogen) atoms. The van der Waals surface area contributed by atoms with Crippen LogP contribution < -0.4 is 10.1 Å². The molecule has 0 saturated carbocycles. The number of nitrogens with zero attached hydrogens (tertiary/aromatic N) is 3. The lowest BCUT2D eigenvalue weighted by Crippen LogP contribution is -2.46. The number of rotatable bonds is 6. The van der Waals surface area contributed by atoms with Crippen LogP contribution in [0.3, 0.4) is 0 Å². The first-order valence-electron chi connectivity index (χ1n) is 20.9. The minimum absolute atomic E-state index is 0.0583. The van der Waals surface area contributed by atoms with Gasteiger partial charge in [0.25, 0.3) is 11.7 Å². The second kappa shape index (κ2) is 19.3. The molecule has 9 unspecified atom stereocenters. The van der Waals surface area contributed by atoms with E-state index >= 15 is 0 Å². The maximum atomic E-state index is 14.5. The lowest BCUT2D eigenvalue weighted by Gasteiger charge is -2.38. The Hall–Kier alpha value is -5.16. The number of aliphatic hydroxyl groups excluding tert-OH is 2. The van der Waals surface area contributed by atoms with Crippen LogP contribution in [0.2, 0.25) is 0 Å². The van der Waals surface area contributed by atoms with Gasteiger partial charge in [-0.1, -0.05) is 52.8 Å². The van der Waals surface area contributed by atoms with E-state index in [4.69, 9.17) is 18.9 Å². The highest BCUT2D eigenvalue weighted by atomic mass is 16.7. The number of methoxy groups -OCH3 is 1. The number of aromatic hydroxyl groups is 3. The molecule has 6 N–H and O–H groups in total. The third-order valence-electron chi connectivity index (χ3n) is 12.3. The fourth-order valence-electron chi connectivity index (χ4n) is 8.40. The Balaban J connectivity index is 1.69. The zero-order chi connectivity index (χ0) is 45.1. The first kappa shape index (κ1) is 46.9. The molecule has 4 aliphatic heterocycles. The summed E-state index contributed by atoms with van der Waals surface area (Å²) in [4.78, 5) is 42.9. The second-order valence-corrected chi connectivity index (χ2v) is 16.7. The minimum atomic E-state index is -2.04. The summed E-state index contributed by atoms with van der Waals surface area (Å²) in [5, 5.41) is 67.2. The molecule has 1 fully saturated rings. The summed E-state index contributed by atoms with van der Waals surface area (Å²) in [5.74, 6) is -8.33. The number of ether oxygens (including phenoxy) is 4. The van der Waals surface area contributed by atoms with E-state index in [1.54, 1.807) is 44.9 Å². The van der Waals surface area contributed by atoms with E-state index in [9.17, 15) is 39.9 Å². The molecule has 4 heterocycles. The normalized spacial score (nSPS) is 31.4. The van der Waals surface area contributed by atoms with Crippen LogP contribution in [0.5, 0.6) is 23.0 Å². The molecule has 2 aromatic carbocycles. The van der Waals surface area contributed by atoms with Gasteiger partial charge in [0.2, 0.25) is 0 Å². The highest BCUT2D eigenvalue weighted by Gasteiger charge is 2.50. The van der Waals surface area contributed by atoms with Crippen molar-refractivity contribution in [1.82, 2.24) is 9.91 Å². The van der Waals surface area contributed by atoms with Gasteiger partial charge in [0.05, 0.1) is 53.0 Å². The van der Waals surface area contributed by atoms with Crippen molar-refractivity contribution in [2.75, 3.05) is 45.2 Å². The van der Waals surface area contributed by atoms with Crippen molar-refractivity contribution < 1.29 is 58.9 Å². The Labute approximate surface area is 357 Å². The van der Waals surface area contributed by atoms with Crippen LogP contribution in [0, 0.1) is 30.6 Å². The van der Waals surface area contributed by atoms with E-state index in [1.807, 2.05) is 0 Å². The van der Waals surface area contributed by atoms with Crippen LogP contribution >= 0.6 is 0 Å². The van der Waals surface area contributed by atoms with Gasteiger partial charge >= 0.3 is 11.8 Å². The second-order valence-electron chi connectivity index (χ2n) is 16.7. The molecule has 9 atom stereocenters. The first-order valence-corrected chi connectivity index (χ1v) is 20.9. The van der Waals surface area contributed by atoms with Gasteiger partial charge in [-0.05, 0) is 32.9 Å². The molecule has 6 rings (SSSR count). The topological polar surface area (TPSA) is 220 Å². The minimum Gasteiger partial charge on any atom is -0.507 e. The van der Waals surface area contributed by atoms with Crippen molar-refractivity contribution >= 4 is 40.3 Å². The van der Waals surface area contributed by atoms with Gasteiger partial charge in [-0.25, -0.2) is 0 Å². The van der Waals surface area contributed by atoms with E-state index in [1.165, 1.54) is 59.4 Å². The van der Waals surface area contributed by atoms with Gasteiger partial charge in [0.15, 0.2) is 5.75 Å². The molecule has 334 valence electrons. The lowest BCUT2D eigenvalue weighted by atomic mass is 9.78. The molecular weight excluding hydrogens is 789 g/mol. The quantitative estimate of drug-likeness (QED) is 0.0963. The number of carbonyl (C=O) groups excluding carboxylic acids is 3. The number of allylic oxidation sites excluding steroid dienone is 2. The third kappa shape index (κ3) is 9.52. The summed E-state index contributed by atoms with van der Waals surface area (Å²) >= 11 is 0. The van der Waals surface area contributed by atoms with Gasteiger partial charge in [0.1, 0.15) is 23.4 Å². The summed E-state index contributed by atoms with van der Waals surface area (Å²) in [6, 6.07) is 0. The lowest BCUT2D eigenvalue weighted by molar-refractivity contribution is -0.160. The number of Topliss-reactive ketones (excluding diaryl/α,β-unsaturated/α-hetero) is 1. The largest absolute Gasteiger partial charge is 0.507 e. The molecule has 0 aliphatic carbocycles. The number of hydrogen-bond acceptors (Lipinski definition) is 15. The fourth-order valence-corrected chi connectivity index (χ4v) is 8.40. The van der Waals surface area contributed by atoms with Crippen LogP contribution in [-0.4, -0.2) is 129 Å². The summed E-state index contributed by atoms with van der Waals surface area (Å²) < 4.78 is 23.7. The van der Waals surface area contributed by atoms with Crippen LogP contribution in [0.25, 0.3) is 10.8 Å². The molecule has 5 bridgehead atoms. The first-order chi connectivity index (χ1) is 28.8. The van der Waals surface area contributed by atoms with E-state index < -0.39 is 88.8 Å². The third-order valence-corrected chi connectivity index (χ3v) is 12.3. The van der Waals surface area contributed by atoms with Gasteiger partial charge in [0, 0.05) is 87.3 Å². The smallest absolute Gasteiger partial charge is 0.312 e. The van der Waals surface area contributed by atoms with Crippen LogP contribution in [0.15, 0.2) is 41.2 Å². The highest BCUT2D eigenvalue weighted by molar-refractivity contribution is 6.23.